The molecule has 1 fully saturated rings. The summed E-state index contributed by atoms with van der Waals surface area (Å²) >= 11 is 0. The van der Waals surface area contributed by atoms with Crippen LogP contribution in [0.5, 0.6) is 0 Å². The molecule has 1 aliphatic carbocycles. The van der Waals surface area contributed by atoms with E-state index in [1.807, 2.05) is 0 Å². The Morgan fingerprint density at radius 2 is 1.58 bits per heavy atom. The first-order chi connectivity index (χ1) is 11.6. The van der Waals surface area contributed by atoms with Gasteiger partial charge in [0.2, 0.25) is 0 Å². The van der Waals surface area contributed by atoms with Gasteiger partial charge >= 0.3 is 0 Å². The van der Waals surface area contributed by atoms with E-state index in [1.54, 1.807) is 24.3 Å². The first-order valence-electron chi connectivity index (χ1n) is 8.10. The first kappa shape index (κ1) is 16.2. The van der Waals surface area contributed by atoms with E-state index >= 15 is 0 Å². The Labute approximate surface area is 140 Å². The second kappa shape index (κ2) is 7.25. The zero-order valence-electron chi connectivity index (χ0n) is 13.2. The zero-order valence-corrected chi connectivity index (χ0v) is 13.2. The smallest absolute Gasteiger partial charge is 0.255 e. The predicted octanol–water partition coefficient (Wildman–Crippen LogP) is 3.75. The third-order valence-electron chi connectivity index (χ3n) is 4.22. The van der Waals surface area contributed by atoms with Crippen LogP contribution < -0.4 is 10.6 Å². The minimum Gasteiger partial charge on any atom is -0.349 e. The average molecular weight is 326 g/mol. The SMILES string of the molecule is O=C(Nc1ccccc1C(=O)NC1CCCC1)c1ccc(F)cc1. The molecule has 0 aromatic heterocycles. The van der Waals surface area contributed by atoms with Crippen LogP contribution in [0.3, 0.4) is 0 Å². The molecule has 2 N–H and O–H groups in total. The van der Waals surface area contributed by atoms with E-state index in [4.69, 9.17) is 0 Å². The average Bonchev–Trinajstić information content (AvgIpc) is 3.09. The lowest BCUT2D eigenvalue weighted by Gasteiger charge is -2.15. The summed E-state index contributed by atoms with van der Waals surface area (Å²) in [5.74, 6) is -0.962. The van der Waals surface area contributed by atoms with Crippen LogP contribution in [-0.2, 0) is 0 Å². The number of halogens is 1. The van der Waals surface area contributed by atoms with E-state index in [0.717, 1.165) is 25.7 Å². The minimum absolute atomic E-state index is 0.183. The van der Waals surface area contributed by atoms with E-state index in [9.17, 15) is 14.0 Å². The summed E-state index contributed by atoms with van der Waals surface area (Å²) < 4.78 is 13.0. The van der Waals surface area contributed by atoms with Gasteiger partial charge in [-0.2, -0.15) is 0 Å². The minimum atomic E-state index is -0.400. The molecule has 1 aliphatic rings. The number of anilines is 1. The van der Waals surface area contributed by atoms with Crippen molar-refractivity contribution in [2.75, 3.05) is 5.32 Å². The lowest BCUT2D eigenvalue weighted by atomic mass is 10.1. The van der Waals surface area contributed by atoms with Crippen molar-refractivity contribution in [2.24, 2.45) is 0 Å². The number of hydrogen-bond acceptors (Lipinski definition) is 2. The summed E-state index contributed by atoms with van der Waals surface area (Å²) in [7, 11) is 0. The van der Waals surface area contributed by atoms with Crippen LogP contribution in [0.4, 0.5) is 10.1 Å². The molecule has 2 aromatic rings. The molecule has 2 aromatic carbocycles. The van der Waals surface area contributed by atoms with Crippen molar-refractivity contribution >= 4 is 17.5 Å². The summed E-state index contributed by atoms with van der Waals surface area (Å²) in [5.41, 5.74) is 1.21. The fourth-order valence-corrected chi connectivity index (χ4v) is 2.92. The summed E-state index contributed by atoms with van der Waals surface area (Å²) in [5, 5.41) is 5.75. The highest BCUT2D eigenvalue weighted by atomic mass is 19.1. The maximum Gasteiger partial charge on any atom is 0.255 e. The molecular formula is C19H19FN2O2. The predicted molar refractivity (Wildman–Crippen MR) is 90.5 cm³/mol. The number of carbonyl (C=O) groups excluding carboxylic acids is 2. The van der Waals surface area contributed by atoms with Gasteiger partial charge in [-0.25, -0.2) is 4.39 Å². The molecule has 0 unspecified atom stereocenters. The maximum absolute atomic E-state index is 13.0. The monoisotopic (exact) mass is 326 g/mol. The van der Waals surface area contributed by atoms with Gasteiger partial charge in [-0.3, -0.25) is 9.59 Å². The van der Waals surface area contributed by atoms with E-state index in [2.05, 4.69) is 10.6 Å². The largest absolute Gasteiger partial charge is 0.349 e. The van der Waals surface area contributed by atoms with Gasteiger partial charge in [-0.05, 0) is 49.2 Å². The molecule has 3 rings (SSSR count). The number of hydrogen-bond donors (Lipinski definition) is 2. The van der Waals surface area contributed by atoms with E-state index < -0.39 is 5.82 Å². The lowest BCUT2D eigenvalue weighted by molar-refractivity contribution is 0.0939. The molecule has 0 spiro atoms. The summed E-state index contributed by atoms with van der Waals surface area (Å²) in [6.45, 7) is 0. The normalized spacial score (nSPS) is 14.4. The van der Waals surface area contributed by atoms with Crippen molar-refractivity contribution < 1.29 is 14.0 Å². The van der Waals surface area contributed by atoms with Gasteiger partial charge in [0.15, 0.2) is 0 Å². The Hall–Kier alpha value is -2.69. The fourth-order valence-electron chi connectivity index (χ4n) is 2.92. The Bertz CT molecular complexity index is 737. The molecule has 0 bridgehead atoms. The van der Waals surface area contributed by atoms with Crippen molar-refractivity contribution in [1.29, 1.82) is 0 Å². The van der Waals surface area contributed by atoms with Crippen molar-refractivity contribution in [2.45, 2.75) is 31.7 Å². The van der Waals surface area contributed by atoms with E-state index in [-0.39, 0.29) is 17.9 Å². The summed E-state index contributed by atoms with van der Waals surface area (Å²) in [6, 6.07) is 12.4. The Balaban J connectivity index is 1.74. The molecule has 0 atom stereocenters. The fraction of sp³-hybridized carbons (Fsp3) is 0.263. The second-order valence-corrected chi connectivity index (χ2v) is 5.96. The van der Waals surface area contributed by atoms with Crippen molar-refractivity contribution in [3.05, 3.63) is 65.5 Å². The highest BCUT2D eigenvalue weighted by Gasteiger charge is 2.20. The molecule has 5 heteroatoms. The van der Waals surface area contributed by atoms with Gasteiger partial charge in [0.1, 0.15) is 5.82 Å². The van der Waals surface area contributed by atoms with Gasteiger partial charge in [-0.1, -0.05) is 25.0 Å². The van der Waals surface area contributed by atoms with Crippen LogP contribution in [0.25, 0.3) is 0 Å². The van der Waals surface area contributed by atoms with Crippen molar-refractivity contribution in [1.82, 2.24) is 5.32 Å². The molecule has 124 valence electrons. The first-order valence-corrected chi connectivity index (χ1v) is 8.10. The zero-order chi connectivity index (χ0) is 16.9. The molecule has 2 amide bonds. The van der Waals surface area contributed by atoms with Gasteiger partial charge in [0.05, 0.1) is 11.3 Å². The van der Waals surface area contributed by atoms with Crippen molar-refractivity contribution in [3.63, 3.8) is 0 Å². The Morgan fingerprint density at radius 1 is 0.917 bits per heavy atom. The number of rotatable bonds is 4. The number of para-hydroxylation sites is 1. The quantitative estimate of drug-likeness (QED) is 0.899. The maximum atomic E-state index is 13.0. The van der Waals surface area contributed by atoms with Crippen LogP contribution in [0, 0.1) is 5.82 Å². The van der Waals surface area contributed by atoms with Gasteiger partial charge in [-0.15, -0.1) is 0 Å². The summed E-state index contributed by atoms with van der Waals surface area (Å²) in [4.78, 5) is 24.8. The van der Waals surface area contributed by atoms with E-state index in [0.29, 0.717) is 16.8 Å². The van der Waals surface area contributed by atoms with Crippen LogP contribution in [0.15, 0.2) is 48.5 Å². The number of carbonyl (C=O) groups is 2. The number of benzene rings is 2. The lowest BCUT2D eigenvalue weighted by Crippen LogP contribution is -2.33. The Morgan fingerprint density at radius 3 is 2.29 bits per heavy atom. The Kier molecular flexibility index (Phi) is 4.89. The number of nitrogens with one attached hydrogen (secondary N) is 2. The highest BCUT2D eigenvalue weighted by Crippen LogP contribution is 2.20. The molecular weight excluding hydrogens is 307 g/mol. The standard InChI is InChI=1S/C19H19FN2O2/c20-14-11-9-13(10-12-14)18(23)22-17-8-4-3-7-16(17)19(24)21-15-5-1-2-6-15/h3-4,7-12,15H,1-2,5-6H2,(H,21,24)(H,22,23). The van der Waals surface area contributed by atoms with Crippen molar-refractivity contribution in [3.8, 4) is 0 Å². The van der Waals surface area contributed by atoms with Crippen LogP contribution >= 0.6 is 0 Å². The van der Waals surface area contributed by atoms with Gasteiger partial charge in [0.25, 0.3) is 11.8 Å². The van der Waals surface area contributed by atoms with Crippen LogP contribution in [-0.4, -0.2) is 17.9 Å². The van der Waals surface area contributed by atoms with E-state index in [1.165, 1.54) is 24.3 Å². The molecule has 24 heavy (non-hydrogen) atoms. The van der Waals surface area contributed by atoms with Crippen LogP contribution in [0.1, 0.15) is 46.4 Å². The molecule has 1 saturated carbocycles. The number of amides is 2. The highest BCUT2D eigenvalue weighted by molar-refractivity contribution is 6.09. The summed E-state index contributed by atoms with van der Waals surface area (Å²) in [6.07, 6.45) is 4.26. The topological polar surface area (TPSA) is 58.2 Å². The second-order valence-electron chi connectivity index (χ2n) is 5.96. The van der Waals surface area contributed by atoms with Gasteiger partial charge in [0, 0.05) is 11.6 Å². The molecule has 0 heterocycles. The third kappa shape index (κ3) is 3.79. The molecule has 0 radical (unpaired) electrons. The van der Waals surface area contributed by atoms with Crippen LogP contribution in [0.2, 0.25) is 0 Å². The third-order valence-corrected chi connectivity index (χ3v) is 4.22. The molecule has 0 saturated heterocycles. The molecule has 4 nitrogen and oxygen atoms in total. The van der Waals surface area contributed by atoms with Gasteiger partial charge < -0.3 is 10.6 Å². The molecule has 0 aliphatic heterocycles.